The summed E-state index contributed by atoms with van der Waals surface area (Å²) in [6, 6.07) is 9.16. The molecule has 2 aliphatic carbocycles. The summed E-state index contributed by atoms with van der Waals surface area (Å²) in [5.41, 5.74) is 2.82. The van der Waals surface area contributed by atoms with Crippen LogP contribution in [0, 0.1) is 0 Å². The van der Waals surface area contributed by atoms with E-state index in [-0.39, 0.29) is 47.7 Å². The Balaban J connectivity index is 0.00000341. The number of nitrogens with zero attached hydrogens (tertiary/aromatic N) is 2. The Labute approximate surface area is 206 Å². The standard InChI is InChI=1S/C23H36N4O2S.HI/c1-4-30(29)21-11-7-10-19(15-21)25-23(24-16-22(28)27(2)3)26-20-13-12-17-8-5-6-9-18(17)14-20;/h5-6,8-9,19-21H,4,7,10-16H2,1-3H3,(H2,24,25,26);1H. The predicted octanol–water partition coefficient (Wildman–Crippen LogP) is 2.87. The summed E-state index contributed by atoms with van der Waals surface area (Å²) in [4.78, 5) is 18.3. The molecular formula is C23H37IN4O2S. The van der Waals surface area contributed by atoms with Gasteiger partial charge in [-0.2, -0.15) is 0 Å². The van der Waals surface area contributed by atoms with Gasteiger partial charge in [-0.3, -0.25) is 9.00 Å². The number of fused-ring (bicyclic) bond motifs is 1. The van der Waals surface area contributed by atoms with Crippen LogP contribution in [0.2, 0.25) is 0 Å². The first kappa shape index (κ1) is 26.1. The van der Waals surface area contributed by atoms with E-state index >= 15 is 0 Å². The van der Waals surface area contributed by atoms with Gasteiger partial charge in [0.05, 0.1) is 0 Å². The van der Waals surface area contributed by atoms with Crippen molar-refractivity contribution in [3.8, 4) is 0 Å². The van der Waals surface area contributed by atoms with Crippen molar-refractivity contribution in [2.24, 2.45) is 4.99 Å². The van der Waals surface area contributed by atoms with Crippen molar-refractivity contribution < 1.29 is 9.00 Å². The Morgan fingerprint density at radius 2 is 1.84 bits per heavy atom. The first-order valence-electron chi connectivity index (χ1n) is 11.2. The fourth-order valence-electron chi connectivity index (χ4n) is 4.38. The molecular weight excluding hydrogens is 523 g/mol. The van der Waals surface area contributed by atoms with Crippen LogP contribution in [0.1, 0.15) is 50.2 Å². The molecule has 0 aliphatic heterocycles. The van der Waals surface area contributed by atoms with E-state index in [9.17, 15) is 9.00 Å². The maximum absolute atomic E-state index is 12.3. The predicted molar refractivity (Wildman–Crippen MR) is 140 cm³/mol. The highest BCUT2D eigenvalue weighted by molar-refractivity contribution is 14.0. The van der Waals surface area contributed by atoms with Crippen molar-refractivity contribution in [3.05, 3.63) is 35.4 Å². The van der Waals surface area contributed by atoms with Crippen LogP contribution in [0.3, 0.4) is 0 Å². The number of carbonyl (C=O) groups excluding carboxylic acids is 1. The number of rotatable bonds is 6. The fourth-order valence-corrected chi connectivity index (χ4v) is 5.73. The topological polar surface area (TPSA) is 73.8 Å². The normalized spacial score (nSPS) is 24.4. The molecule has 174 valence electrons. The summed E-state index contributed by atoms with van der Waals surface area (Å²) >= 11 is 0. The SMILES string of the molecule is CCS(=O)C1CCCC(NC(=NCC(=O)N(C)C)NC2CCc3ccccc3C2)C1.I. The van der Waals surface area contributed by atoms with Gasteiger partial charge < -0.3 is 15.5 Å². The van der Waals surface area contributed by atoms with Gasteiger partial charge in [-0.05, 0) is 49.7 Å². The maximum atomic E-state index is 12.3. The van der Waals surface area contributed by atoms with Crippen LogP contribution in [0.4, 0.5) is 0 Å². The summed E-state index contributed by atoms with van der Waals surface area (Å²) in [7, 11) is 2.75. The van der Waals surface area contributed by atoms with Gasteiger partial charge in [0.2, 0.25) is 5.91 Å². The number of aliphatic imine (C=N–C) groups is 1. The van der Waals surface area contributed by atoms with E-state index in [1.54, 1.807) is 19.0 Å². The number of likely N-dealkylation sites (N-methyl/N-ethyl adjacent to an activating group) is 1. The first-order chi connectivity index (χ1) is 14.5. The molecule has 0 aromatic heterocycles. The molecule has 2 aliphatic rings. The number of halogens is 1. The monoisotopic (exact) mass is 560 g/mol. The Kier molecular flexibility index (Phi) is 10.7. The molecule has 0 spiro atoms. The van der Waals surface area contributed by atoms with E-state index in [4.69, 9.17) is 0 Å². The lowest BCUT2D eigenvalue weighted by atomic mass is 9.88. The van der Waals surface area contributed by atoms with Gasteiger partial charge in [-0.15, -0.1) is 24.0 Å². The quantitative estimate of drug-likeness (QED) is 0.319. The van der Waals surface area contributed by atoms with Gasteiger partial charge in [0, 0.05) is 48.0 Å². The summed E-state index contributed by atoms with van der Waals surface area (Å²) in [5.74, 6) is 1.41. The molecule has 0 radical (unpaired) electrons. The molecule has 4 atom stereocenters. The lowest BCUT2D eigenvalue weighted by Crippen LogP contribution is -2.51. The van der Waals surface area contributed by atoms with Crippen LogP contribution in [-0.2, 0) is 28.4 Å². The van der Waals surface area contributed by atoms with Crippen LogP contribution in [0.5, 0.6) is 0 Å². The van der Waals surface area contributed by atoms with Gasteiger partial charge in [0.15, 0.2) is 5.96 Å². The van der Waals surface area contributed by atoms with E-state index in [1.165, 1.54) is 11.1 Å². The molecule has 1 aromatic carbocycles. The number of amides is 1. The van der Waals surface area contributed by atoms with Crippen molar-refractivity contribution in [2.75, 3.05) is 26.4 Å². The molecule has 0 bridgehead atoms. The number of carbonyl (C=O) groups is 1. The largest absolute Gasteiger partial charge is 0.354 e. The van der Waals surface area contributed by atoms with E-state index in [0.29, 0.717) is 12.0 Å². The minimum absolute atomic E-state index is 0. The molecule has 0 saturated heterocycles. The second-order valence-electron chi connectivity index (χ2n) is 8.61. The van der Waals surface area contributed by atoms with Gasteiger partial charge in [0.1, 0.15) is 6.54 Å². The van der Waals surface area contributed by atoms with Crippen molar-refractivity contribution in [1.82, 2.24) is 15.5 Å². The van der Waals surface area contributed by atoms with Crippen LogP contribution in [0.25, 0.3) is 0 Å². The summed E-state index contributed by atoms with van der Waals surface area (Å²) in [6.07, 6.45) is 7.13. The number of nitrogens with one attached hydrogen (secondary N) is 2. The molecule has 2 N–H and O–H groups in total. The molecule has 1 aromatic rings. The molecule has 1 fully saturated rings. The van der Waals surface area contributed by atoms with E-state index in [2.05, 4.69) is 39.9 Å². The third kappa shape index (κ3) is 7.73. The maximum Gasteiger partial charge on any atom is 0.243 e. The second kappa shape index (κ2) is 12.8. The van der Waals surface area contributed by atoms with Crippen molar-refractivity contribution in [2.45, 2.75) is 69.2 Å². The van der Waals surface area contributed by atoms with Crippen molar-refractivity contribution >= 4 is 46.6 Å². The average molecular weight is 561 g/mol. The van der Waals surface area contributed by atoms with Crippen LogP contribution in [-0.4, -0.2) is 64.7 Å². The number of guanidine groups is 1. The lowest BCUT2D eigenvalue weighted by Gasteiger charge is -2.32. The summed E-state index contributed by atoms with van der Waals surface area (Å²) in [5, 5.41) is 7.41. The highest BCUT2D eigenvalue weighted by Gasteiger charge is 2.27. The third-order valence-electron chi connectivity index (χ3n) is 6.18. The lowest BCUT2D eigenvalue weighted by molar-refractivity contribution is -0.127. The molecule has 31 heavy (non-hydrogen) atoms. The molecule has 4 unspecified atom stereocenters. The summed E-state index contributed by atoms with van der Waals surface area (Å²) in [6.45, 7) is 2.12. The molecule has 6 nitrogen and oxygen atoms in total. The van der Waals surface area contributed by atoms with Crippen molar-refractivity contribution in [3.63, 3.8) is 0 Å². The number of hydrogen-bond acceptors (Lipinski definition) is 3. The minimum atomic E-state index is -0.758. The van der Waals surface area contributed by atoms with Crippen LogP contribution in [0.15, 0.2) is 29.3 Å². The average Bonchev–Trinajstić information content (AvgIpc) is 2.76. The first-order valence-corrected chi connectivity index (χ1v) is 12.6. The highest BCUT2D eigenvalue weighted by Crippen LogP contribution is 2.24. The highest BCUT2D eigenvalue weighted by atomic mass is 127. The van der Waals surface area contributed by atoms with E-state index in [1.807, 2.05) is 6.92 Å². The zero-order valence-electron chi connectivity index (χ0n) is 18.9. The van der Waals surface area contributed by atoms with E-state index < -0.39 is 10.8 Å². The number of hydrogen-bond donors (Lipinski definition) is 2. The number of benzene rings is 1. The van der Waals surface area contributed by atoms with E-state index in [0.717, 1.165) is 50.7 Å². The Morgan fingerprint density at radius 1 is 1.13 bits per heavy atom. The molecule has 3 rings (SSSR count). The van der Waals surface area contributed by atoms with Gasteiger partial charge in [-0.25, -0.2) is 4.99 Å². The third-order valence-corrected chi connectivity index (χ3v) is 7.92. The second-order valence-corrected chi connectivity index (χ2v) is 10.6. The van der Waals surface area contributed by atoms with Gasteiger partial charge >= 0.3 is 0 Å². The van der Waals surface area contributed by atoms with Crippen LogP contribution >= 0.6 is 24.0 Å². The molecule has 1 amide bonds. The Bertz CT molecular complexity index is 787. The van der Waals surface area contributed by atoms with Crippen LogP contribution < -0.4 is 10.6 Å². The Morgan fingerprint density at radius 3 is 2.55 bits per heavy atom. The zero-order valence-corrected chi connectivity index (χ0v) is 22.1. The number of aryl methyl sites for hydroxylation is 1. The molecule has 1 saturated carbocycles. The summed E-state index contributed by atoms with van der Waals surface area (Å²) < 4.78 is 12.3. The minimum Gasteiger partial charge on any atom is -0.354 e. The molecule has 0 heterocycles. The molecule has 8 heteroatoms. The Hall–Kier alpha value is -1.16. The zero-order chi connectivity index (χ0) is 21.5. The smallest absolute Gasteiger partial charge is 0.243 e. The fraction of sp³-hybridized carbons (Fsp3) is 0.652. The van der Waals surface area contributed by atoms with Crippen molar-refractivity contribution in [1.29, 1.82) is 0 Å². The van der Waals surface area contributed by atoms with Gasteiger partial charge in [0.25, 0.3) is 0 Å². The van der Waals surface area contributed by atoms with Gasteiger partial charge in [-0.1, -0.05) is 37.6 Å².